The molecule has 3 rings (SSSR count). The molecule has 33 heavy (non-hydrogen) atoms. The molecule has 0 radical (unpaired) electrons. The number of methoxy groups -OCH3 is 1. The Bertz CT molecular complexity index is 1130. The second-order valence-corrected chi connectivity index (χ2v) is 8.76. The Balaban J connectivity index is 1.89. The number of ether oxygens (including phenoxy) is 2. The topological polar surface area (TPSA) is 95.3 Å². The van der Waals surface area contributed by atoms with Crippen molar-refractivity contribution in [3.63, 3.8) is 0 Å². The molecule has 0 saturated carbocycles. The first-order valence-corrected chi connectivity index (χ1v) is 11.6. The van der Waals surface area contributed by atoms with Crippen LogP contribution >= 0.6 is 23.4 Å². The van der Waals surface area contributed by atoms with Gasteiger partial charge >= 0.3 is 5.97 Å². The van der Waals surface area contributed by atoms with Gasteiger partial charge in [0.25, 0.3) is 5.91 Å². The summed E-state index contributed by atoms with van der Waals surface area (Å²) in [5.74, 6) is 0.569. The maximum Gasteiger partial charge on any atom is 0.319 e. The molecule has 10 heteroatoms. The summed E-state index contributed by atoms with van der Waals surface area (Å²) in [7, 11) is 1.57. The van der Waals surface area contributed by atoms with Gasteiger partial charge in [0.2, 0.25) is 0 Å². The third-order valence-corrected chi connectivity index (χ3v) is 6.27. The average molecular weight is 489 g/mol. The van der Waals surface area contributed by atoms with Crippen LogP contribution in [-0.4, -0.2) is 45.6 Å². The highest BCUT2D eigenvalue weighted by Crippen LogP contribution is 2.30. The van der Waals surface area contributed by atoms with Crippen molar-refractivity contribution in [1.82, 2.24) is 20.1 Å². The van der Waals surface area contributed by atoms with E-state index in [1.807, 2.05) is 19.1 Å². The van der Waals surface area contributed by atoms with Crippen LogP contribution in [0.15, 0.2) is 47.6 Å². The van der Waals surface area contributed by atoms with E-state index in [-0.39, 0.29) is 18.4 Å². The van der Waals surface area contributed by atoms with Gasteiger partial charge < -0.3 is 14.8 Å². The second-order valence-electron chi connectivity index (χ2n) is 7.04. The van der Waals surface area contributed by atoms with Crippen LogP contribution in [0.2, 0.25) is 5.02 Å². The minimum Gasteiger partial charge on any atom is -0.497 e. The Hall–Kier alpha value is -3.04. The normalized spacial score (nSPS) is 11.7. The van der Waals surface area contributed by atoms with Crippen molar-refractivity contribution < 1.29 is 19.1 Å². The van der Waals surface area contributed by atoms with Crippen LogP contribution in [0.4, 0.5) is 0 Å². The quantitative estimate of drug-likeness (QED) is 0.356. The largest absolute Gasteiger partial charge is 0.497 e. The maximum atomic E-state index is 12.6. The van der Waals surface area contributed by atoms with Gasteiger partial charge in [-0.25, -0.2) is 0 Å². The lowest BCUT2D eigenvalue weighted by Crippen LogP contribution is -2.25. The van der Waals surface area contributed by atoms with Crippen LogP contribution in [-0.2, 0) is 16.1 Å². The second kappa shape index (κ2) is 11.2. The molecular weight excluding hydrogens is 464 g/mol. The van der Waals surface area contributed by atoms with E-state index in [0.29, 0.717) is 33.9 Å². The van der Waals surface area contributed by atoms with Crippen LogP contribution < -0.4 is 10.1 Å². The molecule has 1 N–H and O–H groups in total. The predicted octanol–water partition coefficient (Wildman–Crippen LogP) is 4.21. The first-order valence-electron chi connectivity index (χ1n) is 10.3. The smallest absolute Gasteiger partial charge is 0.319 e. The van der Waals surface area contributed by atoms with Gasteiger partial charge in [-0.05, 0) is 62.7 Å². The number of carbonyl (C=O) groups is 2. The van der Waals surface area contributed by atoms with Crippen LogP contribution in [0.3, 0.4) is 0 Å². The molecule has 3 aromatic rings. The number of esters is 1. The third-order valence-electron chi connectivity index (χ3n) is 4.84. The number of rotatable bonds is 9. The van der Waals surface area contributed by atoms with Gasteiger partial charge in [-0.1, -0.05) is 29.4 Å². The van der Waals surface area contributed by atoms with E-state index in [1.165, 1.54) is 11.8 Å². The molecule has 1 amide bonds. The zero-order valence-corrected chi connectivity index (χ0v) is 20.4. The van der Waals surface area contributed by atoms with E-state index >= 15 is 0 Å². The molecule has 8 nitrogen and oxygen atoms in total. The Kier molecular flexibility index (Phi) is 8.35. The zero-order valence-electron chi connectivity index (χ0n) is 18.8. The van der Waals surface area contributed by atoms with Gasteiger partial charge in [-0.3, -0.25) is 14.2 Å². The third kappa shape index (κ3) is 5.85. The number of amides is 1. The SMILES string of the molecule is CCOC(=O)C(C)Sc1nnc(CNC(=O)c2ccc(OC)cc2)n1-c1cccc(Cl)c1C. The molecule has 2 aromatic carbocycles. The van der Waals surface area contributed by atoms with Crippen molar-refractivity contribution in [2.24, 2.45) is 0 Å². The lowest BCUT2D eigenvalue weighted by atomic mass is 10.2. The van der Waals surface area contributed by atoms with E-state index in [1.54, 1.807) is 55.9 Å². The molecule has 1 aromatic heterocycles. The van der Waals surface area contributed by atoms with Gasteiger partial charge in [0.1, 0.15) is 11.0 Å². The monoisotopic (exact) mass is 488 g/mol. The molecule has 0 aliphatic carbocycles. The van der Waals surface area contributed by atoms with Crippen LogP contribution in [0.25, 0.3) is 5.69 Å². The molecule has 0 aliphatic rings. The van der Waals surface area contributed by atoms with Crippen molar-refractivity contribution in [2.75, 3.05) is 13.7 Å². The molecule has 1 heterocycles. The number of nitrogens with zero attached hydrogens (tertiary/aromatic N) is 3. The molecular formula is C23H25ClN4O4S. The molecule has 1 unspecified atom stereocenters. The number of aromatic nitrogens is 3. The molecule has 0 spiro atoms. The predicted molar refractivity (Wildman–Crippen MR) is 127 cm³/mol. The Morgan fingerprint density at radius 2 is 1.91 bits per heavy atom. The van der Waals surface area contributed by atoms with Crippen molar-refractivity contribution in [3.8, 4) is 11.4 Å². The first-order chi connectivity index (χ1) is 15.8. The van der Waals surface area contributed by atoms with Crippen LogP contribution in [0.1, 0.15) is 35.6 Å². The Morgan fingerprint density at radius 1 is 1.18 bits per heavy atom. The Labute approximate surface area is 201 Å². The van der Waals surface area contributed by atoms with Gasteiger partial charge in [-0.2, -0.15) is 0 Å². The summed E-state index contributed by atoms with van der Waals surface area (Å²) in [4.78, 5) is 24.8. The summed E-state index contributed by atoms with van der Waals surface area (Å²) in [6.07, 6.45) is 0. The van der Waals surface area contributed by atoms with Crippen molar-refractivity contribution in [1.29, 1.82) is 0 Å². The standard InChI is InChI=1S/C23H25ClN4O4S/c1-5-32-22(30)15(3)33-23-27-26-20(28(23)19-8-6-7-18(24)14(19)2)13-25-21(29)16-9-11-17(31-4)12-10-16/h6-12,15H,5,13H2,1-4H3,(H,25,29). The number of carbonyl (C=O) groups excluding carboxylic acids is 2. The van der Waals surface area contributed by atoms with Crippen molar-refractivity contribution in [2.45, 2.75) is 37.7 Å². The van der Waals surface area contributed by atoms with E-state index in [2.05, 4.69) is 15.5 Å². The van der Waals surface area contributed by atoms with E-state index < -0.39 is 5.25 Å². The van der Waals surface area contributed by atoms with E-state index in [4.69, 9.17) is 21.1 Å². The number of benzene rings is 2. The fraction of sp³-hybridized carbons (Fsp3) is 0.304. The van der Waals surface area contributed by atoms with Gasteiger partial charge in [0, 0.05) is 10.6 Å². The molecule has 0 saturated heterocycles. The summed E-state index contributed by atoms with van der Waals surface area (Å²) in [6.45, 7) is 5.82. The van der Waals surface area contributed by atoms with Gasteiger partial charge in [-0.15, -0.1) is 10.2 Å². The maximum absolute atomic E-state index is 12.6. The van der Waals surface area contributed by atoms with Crippen molar-refractivity contribution in [3.05, 3.63) is 64.4 Å². The molecule has 174 valence electrons. The fourth-order valence-corrected chi connectivity index (χ4v) is 4.09. The van der Waals surface area contributed by atoms with Crippen LogP contribution in [0.5, 0.6) is 5.75 Å². The molecule has 1 atom stereocenters. The molecule has 0 bridgehead atoms. The molecule has 0 fully saturated rings. The van der Waals surface area contributed by atoms with Crippen LogP contribution in [0, 0.1) is 6.92 Å². The lowest BCUT2D eigenvalue weighted by Gasteiger charge is -2.15. The number of hydrogen-bond donors (Lipinski definition) is 1. The average Bonchev–Trinajstić information content (AvgIpc) is 3.21. The van der Waals surface area contributed by atoms with Gasteiger partial charge in [0.15, 0.2) is 11.0 Å². The van der Waals surface area contributed by atoms with Gasteiger partial charge in [0.05, 0.1) is 25.9 Å². The number of hydrogen-bond acceptors (Lipinski definition) is 7. The first kappa shape index (κ1) is 24.6. The van der Waals surface area contributed by atoms with E-state index in [9.17, 15) is 9.59 Å². The summed E-state index contributed by atoms with van der Waals surface area (Å²) in [5, 5.41) is 12.0. The number of halogens is 1. The van der Waals surface area contributed by atoms with Crippen molar-refractivity contribution >= 4 is 35.2 Å². The lowest BCUT2D eigenvalue weighted by molar-refractivity contribution is -0.142. The molecule has 0 aliphatic heterocycles. The fourth-order valence-electron chi connectivity index (χ4n) is 3.04. The summed E-state index contributed by atoms with van der Waals surface area (Å²) in [5.41, 5.74) is 2.08. The summed E-state index contributed by atoms with van der Waals surface area (Å²) >= 11 is 7.58. The highest BCUT2D eigenvalue weighted by molar-refractivity contribution is 8.00. The minimum atomic E-state index is -0.492. The number of thioether (sulfide) groups is 1. The minimum absolute atomic E-state index is 0.123. The highest BCUT2D eigenvalue weighted by atomic mass is 35.5. The Morgan fingerprint density at radius 3 is 2.58 bits per heavy atom. The summed E-state index contributed by atoms with van der Waals surface area (Å²) < 4.78 is 12.0. The highest BCUT2D eigenvalue weighted by Gasteiger charge is 2.23. The van der Waals surface area contributed by atoms with E-state index in [0.717, 1.165) is 11.3 Å². The zero-order chi connectivity index (χ0) is 24.0. The number of nitrogens with one attached hydrogen (secondary N) is 1. The summed E-state index contributed by atoms with van der Waals surface area (Å²) in [6, 6.07) is 12.3.